The monoisotopic (exact) mass is 373 g/mol. The smallest absolute Gasteiger partial charge is 0.235 e. The number of aromatic nitrogens is 1. The third-order valence-corrected chi connectivity index (χ3v) is 7.06. The molecule has 0 bridgehead atoms. The van der Waals surface area contributed by atoms with E-state index in [0.717, 1.165) is 35.4 Å². The van der Waals surface area contributed by atoms with Crippen molar-refractivity contribution in [1.29, 1.82) is 0 Å². The van der Waals surface area contributed by atoms with Gasteiger partial charge in [-0.2, -0.15) is 0 Å². The first kappa shape index (κ1) is 16.5. The summed E-state index contributed by atoms with van der Waals surface area (Å²) in [6.45, 7) is 2.07. The van der Waals surface area contributed by atoms with Crippen molar-refractivity contribution in [1.82, 2.24) is 10.3 Å². The Hall–Kier alpha value is -1.96. The van der Waals surface area contributed by atoms with Gasteiger partial charge in [-0.25, -0.2) is 8.42 Å². The molecule has 3 aromatic rings. The summed E-state index contributed by atoms with van der Waals surface area (Å²) in [5.74, 6) is 0.249. The van der Waals surface area contributed by atoms with Crippen LogP contribution >= 0.6 is 11.3 Å². The van der Waals surface area contributed by atoms with Crippen LogP contribution < -0.4 is 9.62 Å². The van der Waals surface area contributed by atoms with E-state index in [2.05, 4.69) is 21.7 Å². The van der Waals surface area contributed by atoms with Crippen LogP contribution in [-0.2, 0) is 23.1 Å². The van der Waals surface area contributed by atoms with Gasteiger partial charge in [-0.15, -0.1) is 11.3 Å². The van der Waals surface area contributed by atoms with Crippen LogP contribution in [0.4, 0.5) is 5.69 Å². The van der Waals surface area contributed by atoms with Gasteiger partial charge < -0.3 is 5.32 Å². The molecule has 4 rings (SSSR count). The summed E-state index contributed by atoms with van der Waals surface area (Å²) in [6.07, 6.45) is 2.61. The lowest BCUT2D eigenvalue weighted by atomic mass is 10.2. The Bertz CT molecular complexity index is 981. The number of sulfonamides is 1. The average molecular weight is 374 g/mol. The molecule has 1 aliphatic heterocycles. The summed E-state index contributed by atoms with van der Waals surface area (Å²) in [4.78, 5) is 4.44. The van der Waals surface area contributed by atoms with Gasteiger partial charge in [0.05, 0.1) is 21.7 Å². The zero-order chi connectivity index (χ0) is 17.3. The lowest BCUT2D eigenvalue weighted by Gasteiger charge is -2.17. The molecular weight excluding hydrogens is 354 g/mol. The number of nitrogens with one attached hydrogen (secondary N) is 1. The van der Waals surface area contributed by atoms with Gasteiger partial charge in [-0.05, 0) is 47.2 Å². The Morgan fingerprint density at radius 2 is 1.92 bits per heavy atom. The van der Waals surface area contributed by atoms with Crippen LogP contribution in [0.3, 0.4) is 0 Å². The molecule has 7 heteroatoms. The van der Waals surface area contributed by atoms with Gasteiger partial charge in [0.25, 0.3) is 0 Å². The fourth-order valence-electron chi connectivity index (χ4n) is 3.04. The fourth-order valence-corrected chi connectivity index (χ4v) is 5.41. The zero-order valence-electron chi connectivity index (χ0n) is 13.7. The van der Waals surface area contributed by atoms with Crippen molar-refractivity contribution in [2.24, 2.45) is 0 Å². The quantitative estimate of drug-likeness (QED) is 0.746. The molecule has 0 spiro atoms. The molecule has 1 N–H and O–H groups in total. The molecule has 0 atom stereocenters. The number of benzene rings is 1. The first-order valence-electron chi connectivity index (χ1n) is 8.24. The SMILES string of the molecule is O=S1(=O)CCCN1c1ccc(CNCc2cnc3ccsc3c2)cc1. The Labute approximate surface area is 151 Å². The van der Waals surface area contributed by atoms with E-state index in [9.17, 15) is 8.42 Å². The summed E-state index contributed by atoms with van der Waals surface area (Å²) < 4.78 is 26.6. The van der Waals surface area contributed by atoms with Crippen molar-refractivity contribution >= 4 is 37.3 Å². The molecule has 25 heavy (non-hydrogen) atoms. The van der Waals surface area contributed by atoms with Crippen molar-refractivity contribution < 1.29 is 8.42 Å². The van der Waals surface area contributed by atoms with Crippen molar-refractivity contribution in [2.45, 2.75) is 19.5 Å². The van der Waals surface area contributed by atoms with Crippen LogP contribution in [0, 0.1) is 0 Å². The average Bonchev–Trinajstić information content (AvgIpc) is 3.21. The molecule has 1 aliphatic rings. The highest BCUT2D eigenvalue weighted by molar-refractivity contribution is 7.93. The summed E-state index contributed by atoms with van der Waals surface area (Å²) >= 11 is 1.70. The van der Waals surface area contributed by atoms with E-state index in [1.807, 2.05) is 36.5 Å². The van der Waals surface area contributed by atoms with Crippen molar-refractivity contribution in [2.75, 3.05) is 16.6 Å². The zero-order valence-corrected chi connectivity index (χ0v) is 15.3. The summed E-state index contributed by atoms with van der Waals surface area (Å²) in [6, 6.07) is 11.9. The number of thiophene rings is 1. The Morgan fingerprint density at radius 3 is 2.68 bits per heavy atom. The lowest BCUT2D eigenvalue weighted by Crippen LogP contribution is -2.25. The maximum atomic E-state index is 12.0. The lowest BCUT2D eigenvalue weighted by molar-refractivity contribution is 0.599. The molecule has 1 aromatic carbocycles. The molecule has 2 aromatic heterocycles. The normalized spacial score (nSPS) is 16.6. The summed E-state index contributed by atoms with van der Waals surface area (Å²) in [5.41, 5.74) is 4.09. The molecule has 0 unspecified atom stereocenters. The molecule has 0 amide bonds. The maximum absolute atomic E-state index is 12.0. The van der Waals surface area contributed by atoms with Crippen molar-refractivity contribution in [3.8, 4) is 0 Å². The van der Waals surface area contributed by atoms with Crippen LogP contribution in [0.5, 0.6) is 0 Å². The largest absolute Gasteiger partial charge is 0.309 e. The topological polar surface area (TPSA) is 62.3 Å². The van der Waals surface area contributed by atoms with Crippen LogP contribution in [0.1, 0.15) is 17.5 Å². The number of hydrogen-bond donors (Lipinski definition) is 1. The number of nitrogens with zero attached hydrogens (tertiary/aromatic N) is 2. The van der Waals surface area contributed by atoms with Gasteiger partial charge in [0.2, 0.25) is 10.0 Å². The molecule has 5 nitrogen and oxygen atoms in total. The van der Waals surface area contributed by atoms with Crippen LogP contribution in [-0.4, -0.2) is 25.7 Å². The molecule has 0 aliphatic carbocycles. The van der Waals surface area contributed by atoms with Gasteiger partial charge >= 0.3 is 0 Å². The van der Waals surface area contributed by atoms with Gasteiger partial charge in [0.1, 0.15) is 0 Å². The standard InChI is InChI=1S/C18H19N3O2S2/c22-25(23)9-1-7-21(25)16-4-2-14(3-5-16)11-19-12-15-10-18-17(20-13-15)6-8-24-18/h2-6,8,10,13,19H,1,7,9,11-12H2. The molecule has 3 heterocycles. The number of rotatable bonds is 5. The minimum atomic E-state index is -3.11. The van der Waals surface area contributed by atoms with E-state index in [1.54, 1.807) is 11.3 Å². The molecule has 1 fully saturated rings. The van der Waals surface area contributed by atoms with Crippen molar-refractivity contribution in [3.63, 3.8) is 0 Å². The van der Waals surface area contributed by atoms with Gasteiger partial charge in [0.15, 0.2) is 0 Å². The molecule has 130 valence electrons. The van der Waals surface area contributed by atoms with E-state index in [4.69, 9.17) is 0 Å². The number of pyridine rings is 1. The minimum absolute atomic E-state index is 0.249. The molecular formula is C18H19N3O2S2. The van der Waals surface area contributed by atoms with E-state index in [0.29, 0.717) is 13.0 Å². The Balaban J connectivity index is 1.36. The van der Waals surface area contributed by atoms with Gasteiger partial charge in [-0.3, -0.25) is 9.29 Å². The highest BCUT2D eigenvalue weighted by atomic mass is 32.2. The van der Waals surface area contributed by atoms with Gasteiger partial charge in [-0.1, -0.05) is 12.1 Å². The second-order valence-electron chi connectivity index (χ2n) is 6.16. The molecule has 0 saturated carbocycles. The third-order valence-electron chi connectivity index (χ3n) is 4.34. The second kappa shape index (κ2) is 6.74. The Kier molecular flexibility index (Phi) is 4.45. The van der Waals surface area contributed by atoms with Crippen LogP contribution in [0.15, 0.2) is 48.0 Å². The van der Waals surface area contributed by atoms with E-state index < -0.39 is 10.0 Å². The minimum Gasteiger partial charge on any atom is -0.309 e. The number of hydrogen-bond acceptors (Lipinski definition) is 5. The highest BCUT2D eigenvalue weighted by Gasteiger charge is 2.28. The number of fused-ring (bicyclic) bond motifs is 1. The second-order valence-corrected chi connectivity index (χ2v) is 9.12. The van der Waals surface area contributed by atoms with Crippen molar-refractivity contribution in [3.05, 3.63) is 59.1 Å². The highest BCUT2D eigenvalue weighted by Crippen LogP contribution is 2.24. The first-order valence-corrected chi connectivity index (χ1v) is 10.7. The van der Waals surface area contributed by atoms with E-state index >= 15 is 0 Å². The van der Waals surface area contributed by atoms with Crippen LogP contribution in [0.25, 0.3) is 10.2 Å². The first-order chi connectivity index (χ1) is 12.1. The van der Waals surface area contributed by atoms with E-state index in [1.165, 1.54) is 9.01 Å². The molecule has 0 radical (unpaired) electrons. The predicted molar refractivity (Wildman–Crippen MR) is 102 cm³/mol. The number of anilines is 1. The summed E-state index contributed by atoms with van der Waals surface area (Å²) in [7, 11) is -3.11. The fraction of sp³-hybridized carbons (Fsp3) is 0.278. The summed E-state index contributed by atoms with van der Waals surface area (Å²) in [5, 5.41) is 5.47. The molecule has 1 saturated heterocycles. The maximum Gasteiger partial charge on any atom is 0.235 e. The van der Waals surface area contributed by atoms with Crippen LogP contribution in [0.2, 0.25) is 0 Å². The van der Waals surface area contributed by atoms with Gasteiger partial charge in [0, 0.05) is 25.8 Å². The predicted octanol–water partition coefficient (Wildman–Crippen LogP) is 3.13. The third kappa shape index (κ3) is 3.53. The Morgan fingerprint density at radius 1 is 1.12 bits per heavy atom. The van der Waals surface area contributed by atoms with E-state index in [-0.39, 0.29) is 5.75 Å².